The third-order valence-corrected chi connectivity index (χ3v) is 1.83. The van der Waals surface area contributed by atoms with Crippen LogP contribution in [0.1, 0.15) is 19.0 Å². The molecule has 0 amide bonds. The Bertz CT molecular complexity index is 339. The van der Waals surface area contributed by atoms with Crippen LogP contribution in [-0.4, -0.2) is 87.1 Å². The van der Waals surface area contributed by atoms with E-state index in [1.54, 1.807) is 6.92 Å². The van der Waals surface area contributed by atoms with Crippen molar-refractivity contribution in [3.05, 3.63) is 10.3 Å². The Morgan fingerprint density at radius 1 is 1.53 bits per heavy atom. The number of H-pyrrole nitrogens is 2. The van der Waals surface area contributed by atoms with E-state index < -0.39 is 0 Å². The van der Waals surface area contributed by atoms with Crippen molar-refractivity contribution in [2.45, 2.75) is 19.8 Å². The van der Waals surface area contributed by atoms with Crippen LogP contribution in [0.4, 0.5) is 0 Å². The van der Waals surface area contributed by atoms with E-state index in [0.717, 1.165) is 0 Å². The zero-order chi connectivity index (χ0) is 9.68. The molecule has 1 rings (SSSR count). The second-order valence-electron chi connectivity index (χ2n) is 2.43. The van der Waals surface area contributed by atoms with Gasteiger partial charge in [0, 0.05) is 65.5 Å². The molecule has 8 heteroatoms. The van der Waals surface area contributed by atoms with Crippen molar-refractivity contribution in [2.24, 2.45) is 0 Å². The normalized spacial score (nSPS) is 8.60. The SMILES string of the molecule is CCOC(=O)CCc1n[nH][nH]c1=S.[Na].[Na]. The standard InChI is InChI=1S/C7H11N3O2S.2Na/c1-2-12-6(11)4-3-5-7(13)9-10-8-5;;/h2-4H2,1H3,(H2,8,9,10,13);;. The number of aryl methyl sites for hydroxylation is 1. The molecule has 2 radical (unpaired) electrons. The van der Waals surface area contributed by atoms with E-state index in [0.29, 0.717) is 29.8 Å². The minimum atomic E-state index is -0.222. The predicted octanol–water partition coefficient (Wildman–Crippen LogP) is 0.201. The molecule has 15 heavy (non-hydrogen) atoms. The number of nitrogens with one attached hydrogen (secondary N) is 2. The maximum Gasteiger partial charge on any atom is 0.306 e. The molecule has 74 valence electrons. The van der Waals surface area contributed by atoms with E-state index in [4.69, 9.17) is 17.0 Å². The molecule has 0 spiro atoms. The Morgan fingerprint density at radius 3 is 2.67 bits per heavy atom. The summed E-state index contributed by atoms with van der Waals surface area (Å²) >= 11 is 4.90. The average molecular weight is 247 g/mol. The molecule has 2 N–H and O–H groups in total. The summed E-state index contributed by atoms with van der Waals surface area (Å²) in [5.74, 6) is -0.222. The summed E-state index contributed by atoms with van der Waals surface area (Å²) in [6.45, 7) is 2.19. The van der Waals surface area contributed by atoms with E-state index in [-0.39, 0.29) is 65.1 Å². The van der Waals surface area contributed by atoms with E-state index >= 15 is 0 Å². The van der Waals surface area contributed by atoms with Crippen LogP contribution < -0.4 is 0 Å². The van der Waals surface area contributed by atoms with E-state index in [1.807, 2.05) is 0 Å². The minimum Gasteiger partial charge on any atom is -0.466 e. The molecule has 0 aromatic carbocycles. The smallest absolute Gasteiger partial charge is 0.306 e. The van der Waals surface area contributed by atoms with Gasteiger partial charge in [-0.05, 0) is 6.92 Å². The molecule has 0 saturated heterocycles. The van der Waals surface area contributed by atoms with Gasteiger partial charge in [0.05, 0.1) is 18.7 Å². The van der Waals surface area contributed by atoms with Gasteiger partial charge in [-0.2, -0.15) is 5.10 Å². The second kappa shape index (κ2) is 10.0. The van der Waals surface area contributed by atoms with Crippen LogP contribution in [0.3, 0.4) is 0 Å². The van der Waals surface area contributed by atoms with Crippen LogP contribution in [-0.2, 0) is 16.0 Å². The number of hydrogen-bond acceptors (Lipinski definition) is 4. The van der Waals surface area contributed by atoms with Crippen LogP contribution in [0, 0.1) is 4.64 Å². The molecule has 0 atom stereocenters. The summed E-state index contributed by atoms with van der Waals surface area (Å²) in [5.41, 5.74) is 0.697. The van der Waals surface area contributed by atoms with Gasteiger partial charge in [0.15, 0.2) is 0 Å². The molecule has 0 aliphatic heterocycles. The minimum absolute atomic E-state index is 0. The average Bonchev–Trinajstić information content (AvgIpc) is 2.48. The molecular formula is C7H11N3Na2O2S. The molecule has 0 fully saturated rings. The summed E-state index contributed by atoms with van der Waals surface area (Å²) in [5, 5.41) is 9.03. The van der Waals surface area contributed by atoms with E-state index in [1.165, 1.54) is 0 Å². The van der Waals surface area contributed by atoms with Crippen molar-refractivity contribution in [3.8, 4) is 0 Å². The third-order valence-electron chi connectivity index (χ3n) is 1.49. The number of rotatable bonds is 4. The maximum atomic E-state index is 10.9. The molecule has 0 aliphatic rings. The number of carbonyl (C=O) groups is 1. The number of aromatic amines is 2. The molecule has 0 aliphatic carbocycles. The Morgan fingerprint density at radius 2 is 2.20 bits per heavy atom. The fraction of sp³-hybridized carbons (Fsp3) is 0.571. The van der Waals surface area contributed by atoms with Gasteiger partial charge in [-0.1, -0.05) is 12.2 Å². The predicted molar refractivity (Wildman–Crippen MR) is 60.2 cm³/mol. The zero-order valence-corrected chi connectivity index (χ0v) is 14.1. The Kier molecular flexibility index (Phi) is 12.2. The maximum absolute atomic E-state index is 10.9. The molecule has 1 heterocycles. The largest absolute Gasteiger partial charge is 0.466 e. The van der Waals surface area contributed by atoms with Gasteiger partial charge in [0.2, 0.25) is 0 Å². The molecular weight excluding hydrogens is 236 g/mol. The Labute approximate surface area is 137 Å². The molecule has 1 aromatic heterocycles. The van der Waals surface area contributed by atoms with Crippen molar-refractivity contribution in [3.63, 3.8) is 0 Å². The van der Waals surface area contributed by atoms with Gasteiger partial charge in [-0.25, -0.2) is 5.21 Å². The number of ether oxygens (including phenoxy) is 1. The first-order valence-corrected chi connectivity index (χ1v) is 4.42. The van der Waals surface area contributed by atoms with Crippen molar-refractivity contribution >= 4 is 77.3 Å². The van der Waals surface area contributed by atoms with Crippen LogP contribution in [0.5, 0.6) is 0 Å². The molecule has 5 nitrogen and oxygen atoms in total. The fourth-order valence-corrected chi connectivity index (χ4v) is 1.09. The number of nitrogens with zero attached hydrogens (tertiary/aromatic N) is 1. The number of aromatic nitrogens is 3. The van der Waals surface area contributed by atoms with Crippen LogP contribution >= 0.6 is 12.2 Å². The number of esters is 1. The summed E-state index contributed by atoms with van der Waals surface area (Å²) in [4.78, 5) is 10.9. The fourth-order valence-electron chi connectivity index (χ4n) is 0.892. The van der Waals surface area contributed by atoms with Crippen molar-refractivity contribution in [1.29, 1.82) is 0 Å². The van der Waals surface area contributed by atoms with Crippen LogP contribution in [0.25, 0.3) is 0 Å². The summed E-state index contributed by atoms with van der Waals surface area (Å²) in [6.07, 6.45) is 0.827. The summed E-state index contributed by atoms with van der Waals surface area (Å²) in [6, 6.07) is 0. The number of hydrogen-bond donors (Lipinski definition) is 2. The third kappa shape index (κ3) is 6.88. The topological polar surface area (TPSA) is 70.8 Å². The molecule has 0 saturated carbocycles. The first-order valence-electron chi connectivity index (χ1n) is 4.01. The van der Waals surface area contributed by atoms with Crippen molar-refractivity contribution in [2.75, 3.05) is 6.61 Å². The van der Waals surface area contributed by atoms with Gasteiger partial charge in [0.25, 0.3) is 0 Å². The van der Waals surface area contributed by atoms with Gasteiger partial charge >= 0.3 is 5.97 Å². The van der Waals surface area contributed by atoms with Gasteiger partial charge in [-0.15, -0.1) is 0 Å². The number of carbonyl (C=O) groups excluding carboxylic acids is 1. The molecule has 1 aromatic rings. The van der Waals surface area contributed by atoms with Crippen LogP contribution in [0.15, 0.2) is 0 Å². The monoisotopic (exact) mass is 247 g/mol. The van der Waals surface area contributed by atoms with Gasteiger partial charge in [0.1, 0.15) is 4.64 Å². The van der Waals surface area contributed by atoms with E-state index in [9.17, 15) is 4.79 Å². The van der Waals surface area contributed by atoms with Gasteiger partial charge in [-0.3, -0.25) is 9.89 Å². The Hall–Kier alpha value is 0.830. The molecule has 0 unspecified atom stereocenters. The second-order valence-corrected chi connectivity index (χ2v) is 2.84. The quantitative estimate of drug-likeness (QED) is 0.453. The molecule has 0 bridgehead atoms. The van der Waals surface area contributed by atoms with Crippen molar-refractivity contribution in [1.82, 2.24) is 15.4 Å². The van der Waals surface area contributed by atoms with Crippen LogP contribution in [0.2, 0.25) is 0 Å². The summed E-state index contributed by atoms with van der Waals surface area (Å²) < 4.78 is 5.30. The first-order chi connectivity index (χ1) is 6.24. The zero-order valence-electron chi connectivity index (χ0n) is 9.29. The first kappa shape index (κ1) is 18.2. The van der Waals surface area contributed by atoms with Gasteiger partial charge < -0.3 is 4.74 Å². The summed E-state index contributed by atoms with van der Waals surface area (Å²) in [7, 11) is 0. The Balaban J connectivity index is 0. The van der Waals surface area contributed by atoms with Crippen molar-refractivity contribution < 1.29 is 9.53 Å². The van der Waals surface area contributed by atoms with E-state index in [2.05, 4.69) is 15.4 Å².